The molecule has 1 heterocycles. The lowest BCUT2D eigenvalue weighted by Crippen LogP contribution is -2.43. The minimum absolute atomic E-state index is 0.212. The molecular weight excluding hydrogens is 252 g/mol. The van der Waals surface area contributed by atoms with Gasteiger partial charge >= 0.3 is 0 Å². The van der Waals surface area contributed by atoms with Crippen molar-refractivity contribution in [3.8, 4) is 0 Å². The summed E-state index contributed by atoms with van der Waals surface area (Å²) in [5.74, 6) is 0. The summed E-state index contributed by atoms with van der Waals surface area (Å²) < 4.78 is 11.1. The molecule has 3 atom stereocenters. The molecular formula is C16H34N2O2. The number of ether oxygens (including phenoxy) is 2. The van der Waals surface area contributed by atoms with Crippen molar-refractivity contribution in [2.24, 2.45) is 5.41 Å². The lowest BCUT2D eigenvalue weighted by molar-refractivity contribution is -0.00461. The Labute approximate surface area is 125 Å². The van der Waals surface area contributed by atoms with Crippen LogP contribution in [-0.4, -0.2) is 63.5 Å². The summed E-state index contributed by atoms with van der Waals surface area (Å²) in [6, 6.07) is 0.545. The fraction of sp³-hybridized carbons (Fsp3) is 1.00. The van der Waals surface area contributed by atoms with Crippen LogP contribution in [0.25, 0.3) is 0 Å². The molecule has 0 radical (unpaired) electrons. The zero-order valence-electron chi connectivity index (χ0n) is 14.2. The van der Waals surface area contributed by atoms with E-state index in [4.69, 9.17) is 9.47 Å². The summed E-state index contributed by atoms with van der Waals surface area (Å²) in [5, 5.41) is 3.61. The van der Waals surface area contributed by atoms with Gasteiger partial charge in [-0.1, -0.05) is 34.1 Å². The van der Waals surface area contributed by atoms with Gasteiger partial charge in [0.1, 0.15) is 0 Å². The van der Waals surface area contributed by atoms with Crippen molar-refractivity contribution in [1.82, 2.24) is 10.2 Å². The van der Waals surface area contributed by atoms with Crippen LogP contribution >= 0.6 is 0 Å². The monoisotopic (exact) mass is 286 g/mol. The van der Waals surface area contributed by atoms with Gasteiger partial charge in [-0.3, -0.25) is 4.90 Å². The highest BCUT2D eigenvalue weighted by Gasteiger charge is 2.36. The molecule has 0 aromatic heterocycles. The summed E-state index contributed by atoms with van der Waals surface area (Å²) in [7, 11) is 3.57. The Kier molecular flexibility index (Phi) is 7.45. The van der Waals surface area contributed by atoms with Gasteiger partial charge in [0.15, 0.2) is 0 Å². The maximum Gasteiger partial charge on any atom is 0.0971 e. The number of nitrogens with zero attached hydrogens (tertiary/aromatic N) is 1. The average Bonchev–Trinajstić information content (AvgIpc) is 2.78. The molecule has 0 saturated carbocycles. The van der Waals surface area contributed by atoms with Crippen LogP contribution in [0.3, 0.4) is 0 Å². The Morgan fingerprint density at radius 2 is 1.75 bits per heavy atom. The van der Waals surface area contributed by atoms with Crippen LogP contribution in [0.4, 0.5) is 0 Å². The van der Waals surface area contributed by atoms with E-state index >= 15 is 0 Å². The van der Waals surface area contributed by atoms with Crippen LogP contribution in [0.15, 0.2) is 0 Å². The third kappa shape index (κ3) is 5.32. The number of hydrogen-bond donors (Lipinski definition) is 1. The fourth-order valence-corrected chi connectivity index (χ4v) is 3.22. The van der Waals surface area contributed by atoms with E-state index in [0.717, 1.165) is 26.2 Å². The van der Waals surface area contributed by atoms with Crippen molar-refractivity contribution in [2.75, 3.05) is 40.4 Å². The molecule has 1 fully saturated rings. The Hall–Kier alpha value is -0.160. The summed E-state index contributed by atoms with van der Waals surface area (Å²) >= 11 is 0. The second-order valence-corrected chi connectivity index (χ2v) is 6.84. The van der Waals surface area contributed by atoms with Gasteiger partial charge in [0.2, 0.25) is 0 Å². The van der Waals surface area contributed by atoms with E-state index in [1.165, 1.54) is 12.8 Å². The van der Waals surface area contributed by atoms with Crippen molar-refractivity contribution in [3.63, 3.8) is 0 Å². The topological polar surface area (TPSA) is 33.7 Å². The normalized spacial score (nSPS) is 27.1. The Balaban J connectivity index is 2.57. The fourth-order valence-electron chi connectivity index (χ4n) is 3.22. The Morgan fingerprint density at radius 3 is 2.15 bits per heavy atom. The highest BCUT2D eigenvalue weighted by atomic mass is 16.5. The molecule has 4 nitrogen and oxygen atoms in total. The van der Waals surface area contributed by atoms with Crippen molar-refractivity contribution < 1.29 is 9.47 Å². The van der Waals surface area contributed by atoms with Crippen molar-refractivity contribution in [2.45, 2.75) is 58.8 Å². The molecule has 0 bridgehead atoms. The van der Waals surface area contributed by atoms with Crippen LogP contribution in [0, 0.1) is 5.41 Å². The second-order valence-electron chi connectivity index (χ2n) is 6.84. The third-order valence-corrected chi connectivity index (χ3v) is 4.29. The number of nitrogens with one attached hydrogen (secondary N) is 1. The maximum atomic E-state index is 5.54. The summed E-state index contributed by atoms with van der Waals surface area (Å²) in [6.45, 7) is 13.2. The molecule has 1 aliphatic rings. The third-order valence-electron chi connectivity index (χ3n) is 4.29. The summed E-state index contributed by atoms with van der Waals surface area (Å²) in [6.07, 6.45) is 2.90. The molecule has 0 aromatic carbocycles. The SMILES string of the molecule is CCCC(C)(CNC(C)C)CN1CC(OC)C(OC)C1. The minimum atomic E-state index is 0.212. The van der Waals surface area contributed by atoms with Gasteiger partial charge in [-0.25, -0.2) is 0 Å². The average molecular weight is 286 g/mol. The molecule has 120 valence electrons. The molecule has 0 aromatic rings. The number of rotatable bonds is 9. The van der Waals surface area contributed by atoms with Gasteiger partial charge in [-0.05, 0) is 11.8 Å². The van der Waals surface area contributed by atoms with E-state index in [-0.39, 0.29) is 12.2 Å². The largest absolute Gasteiger partial charge is 0.377 e. The van der Waals surface area contributed by atoms with Crippen molar-refractivity contribution in [1.29, 1.82) is 0 Å². The molecule has 0 amide bonds. The van der Waals surface area contributed by atoms with E-state index in [0.29, 0.717) is 11.5 Å². The second kappa shape index (κ2) is 8.32. The Bertz CT molecular complexity index is 261. The van der Waals surface area contributed by atoms with Crippen LogP contribution in [0.5, 0.6) is 0 Å². The summed E-state index contributed by atoms with van der Waals surface area (Å²) in [5.41, 5.74) is 0.319. The van der Waals surface area contributed by atoms with Crippen LogP contribution in [-0.2, 0) is 9.47 Å². The first-order valence-electron chi connectivity index (χ1n) is 7.95. The predicted octanol–water partition coefficient (Wildman–Crippen LogP) is 2.14. The van der Waals surface area contributed by atoms with Gasteiger partial charge in [-0.15, -0.1) is 0 Å². The van der Waals surface area contributed by atoms with E-state index in [1.54, 1.807) is 14.2 Å². The smallest absolute Gasteiger partial charge is 0.0971 e. The number of likely N-dealkylation sites (tertiary alicyclic amines) is 1. The molecule has 1 aliphatic heterocycles. The van der Waals surface area contributed by atoms with Crippen molar-refractivity contribution in [3.05, 3.63) is 0 Å². The standard InChI is InChI=1S/C16H34N2O2/c1-7-8-16(4,11-17-13(2)3)12-18-9-14(19-5)15(10-18)20-6/h13-15,17H,7-12H2,1-6H3. The van der Waals surface area contributed by atoms with Gasteiger partial charge in [-0.2, -0.15) is 0 Å². The van der Waals surface area contributed by atoms with Crippen molar-refractivity contribution >= 4 is 0 Å². The zero-order valence-corrected chi connectivity index (χ0v) is 14.2. The van der Waals surface area contributed by atoms with Crippen LogP contribution in [0.1, 0.15) is 40.5 Å². The molecule has 1 N–H and O–H groups in total. The number of methoxy groups -OCH3 is 2. The Morgan fingerprint density at radius 1 is 1.20 bits per heavy atom. The summed E-state index contributed by atoms with van der Waals surface area (Å²) in [4.78, 5) is 2.50. The lowest BCUT2D eigenvalue weighted by atomic mass is 9.84. The van der Waals surface area contributed by atoms with E-state index in [2.05, 4.69) is 37.9 Å². The van der Waals surface area contributed by atoms with E-state index < -0.39 is 0 Å². The first-order valence-corrected chi connectivity index (χ1v) is 7.95. The van der Waals surface area contributed by atoms with E-state index in [9.17, 15) is 0 Å². The number of hydrogen-bond acceptors (Lipinski definition) is 4. The molecule has 0 aliphatic carbocycles. The quantitative estimate of drug-likeness (QED) is 0.704. The van der Waals surface area contributed by atoms with Gasteiger partial charge < -0.3 is 14.8 Å². The molecule has 20 heavy (non-hydrogen) atoms. The highest BCUT2D eigenvalue weighted by molar-refractivity contribution is 4.90. The lowest BCUT2D eigenvalue weighted by Gasteiger charge is -2.34. The molecule has 4 heteroatoms. The molecule has 1 saturated heterocycles. The van der Waals surface area contributed by atoms with Crippen LogP contribution in [0.2, 0.25) is 0 Å². The first kappa shape index (κ1) is 17.9. The minimum Gasteiger partial charge on any atom is -0.377 e. The molecule has 3 unspecified atom stereocenters. The van der Waals surface area contributed by atoms with Gasteiger partial charge in [0.05, 0.1) is 12.2 Å². The predicted molar refractivity (Wildman–Crippen MR) is 84.2 cm³/mol. The molecule has 0 spiro atoms. The van der Waals surface area contributed by atoms with Crippen LogP contribution < -0.4 is 5.32 Å². The molecule has 1 rings (SSSR count). The maximum absolute atomic E-state index is 5.54. The van der Waals surface area contributed by atoms with E-state index in [1.807, 2.05) is 0 Å². The zero-order chi connectivity index (χ0) is 15.2. The highest BCUT2D eigenvalue weighted by Crippen LogP contribution is 2.27. The van der Waals surface area contributed by atoms with Gasteiger partial charge in [0, 0.05) is 46.4 Å². The first-order chi connectivity index (χ1) is 9.44. The van der Waals surface area contributed by atoms with Gasteiger partial charge in [0.25, 0.3) is 0 Å².